The van der Waals surface area contributed by atoms with Crippen molar-refractivity contribution in [3.63, 3.8) is 0 Å². The molecule has 3 heterocycles. The second-order valence-electron chi connectivity index (χ2n) is 11.2. The minimum atomic E-state index is -0.0344. The molecule has 1 saturated carbocycles. The SMILES string of the molecule is Cc1nc(C(=O)CN2CCN(c3ccc4c(C(C)C)nn(C5CCC5)c4c3)C[C@@H]2Cc2ccccc2)n[nH]1. The summed E-state index contributed by atoms with van der Waals surface area (Å²) in [5.41, 5.74) is 4.98. The molecule has 2 fully saturated rings. The van der Waals surface area contributed by atoms with Crippen molar-refractivity contribution in [2.45, 2.75) is 64.5 Å². The second kappa shape index (κ2) is 10.3. The van der Waals surface area contributed by atoms with E-state index in [0.717, 1.165) is 26.1 Å². The first-order chi connectivity index (χ1) is 18.5. The monoisotopic (exact) mass is 511 g/mol. The fourth-order valence-electron chi connectivity index (χ4n) is 5.82. The van der Waals surface area contributed by atoms with Crippen LogP contribution in [0.2, 0.25) is 0 Å². The number of anilines is 1. The number of aromatic amines is 1. The van der Waals surface area contributed by atoms with Gasteiger partial charge in [-0.15, -0.1) is 0 Å². The largest absolute Gasteiger partial charge is 0.369 e. The summed E-state index contributed by atoms with van der Waals surface area (Å²) >= 11 is 0. The van der Waals surface area contributed by atoms with Crippen LogP contribution in [0.1, 0.15) is 72.8 Å². The van der Waals surface area contributed by atoms with E-state index < -0.39 is 0 Å². The van der Waals surface area contributed by atoms with Crippen molar-refractivity contribution in [1.29, 1.82) is 0 Å². The van der Waals surface area contributed by atoms with Crippen LogP contribution in [0.15, 0.2) is 48.5 Å². The van der Waals surface area contributed by atoms with Crippen LogP contribution in [0.25, 0.3) is 10.9 Å². The third-order valence-electron chi connectivity index (χ3n) is 8.16. The predicted molar refractivity (Wildman–Crippen MR) is 150 cm³/mol. The van der Waals surface area contributed by atoms with E-state index in [-0.39, 0.29) is 17.6 Å². The number of ketones is 1. The highest BCUT2D eigenvalue weighted by Crippen LogP contribution is 2.37. The first-order valence-corrected chi connectivity index (χ1v) is 13.9. The van der Waals surface area contributed by atoms with Crippen LogP contribution in [0.5, 0.6) is 0 Å². The molecule has 2 aromatic heterocycles. The van der Waals surface area contributed by atoms with Gasteiger partial charge in [0.2, 0.25) is 11.6 Å². The minimum absolute atomic E-state index is 0.0344. The molecule has 2 aromatic carbocycles. The molecule has 38 heavy (non-hydrogen) atoms. The van der Waals surface area contributed by atoms with Crippen LogP contribution in [0.4, 0.5) is 5.69 Å². The molecule has 8 nitrogen and oxygen atoms in total. The minimum Gasteiger partial charge on any atom is -0.369 e. The van der Waals surface area contributed by atoms with E-state index in [2.05, 4.69) is 92.0 Å². The number of hydrogen-bond acceptors (Lipinski definition) is 6. The molecule has 1 N–H and O–H groups in total. The van der Waals surface area contributed by atoms with Crippen LogP contribution >= 0.6 is 0 Å². The summed E-state index contributed by atoms with van der Waals surface area (Å²) in [4.78, 5) is 22.1. The molecule has 2 aliphatic rings. The first-order valence-electron chi connectivity index (χ1n) is 13.9. The maximum absolute atomic E-state index is 13.0. The highest BCUT2D eigenvalue weighted by molar-refractivity contribution is 5.94. The van der Waals surface area contributed by atoms with E-state index in [0.29, 0.717) is 24.3 Å². The number of hydrogen-bond donors (Lipinski definition) is 1. The van der Waals surface area contributed by atoms with Gasteiger partial charge < -0.3 is 4.90 Å². The number of benzene rings is 2. The standard InChI is InChI=1S/C30H37N7O/c1-20(2)29-26-13-12-24(17-27(26)37(34-29)23-10-7-11-23)35-14-15-36(19-28(38)30-31-21(3)32-33-30)25(18-35)16-22-8-5-4-6-9-22/h4-6,8-9,12-13,17,20,23,25H,7,10-11,14-16,18-19H2,1-3H3,(H,31,32,33)/t25-/m0/s1. The first kappa shape index (κ1) is 24.8. The van der Waals surface area contributed by atoms with E-state index in [9.17, 15) is 4.79 Å². The lowest BCUT2D eigenvalue weighted by Crippen LogP contribution is -2.55. The van der Waals surface area contributed by atoms with Crippen molar-refractivity contribution < 1.29 is 4.79 Å². The van der Waals surface area contributed by atoms with Crippen molar-refractivity contribution in [2.75, 3.05) is 31.1 Å². The molecule has 0 spiro atoms. The Morgan fingerprint density at radius 3 is 2.61 bits per heavy atom. The zero-order valence-electron chi connectivity index (χ0n) is 22.6. The third kappa shape index (κ3) is 4.85. The predicted octanol–water partition coefficient (Wildman–Crippen LogP) is 4.93. The molecule has 0 amide bonds. The molecule has 6 rings (SSSR count). The number of fused-ring (bicyclic) bond motifs is 1. The second-order valence-corrected chi connectivity index (χ2v) is 11.2. The van der Waals surface area contributed by atoms with E-state index >= 15 is 0 Å². The summed E-state index contributed by atoms with van der Waals surface area (Å²) in [6.45, 7) is 9.14. The Morgan fingerprint density at radius 2 is 1.92 bits per heavy atom. The number of aryl methyl sites for hydroxylation is 1. The number of carbonyl (C=O) groups excluding carboxylic acids is 1. The summed E-state index contributed by atoms with van der Waals surface area (Å²) in [6, 6.07) is 18.2. The number of nitrogens with one attached hydrogen (secondary N) is 1. The van der Waals surface area contributed by atoms with Crippen LogP contribution in [-0.2, 0) is 6.42 Å². The van der Waals surface area contributed by atoms with Crippen molar-refractivity contribution in [3.05, 3.63) is 71.4 Å². The van der Waals surface area contributed by atoms with E-state index in [1.165, 1.54) is 47.1 Å². The Labute approximate surface area is 224 Å². The van der Waals surface area contributed by atoms with Crippen LogP contribution in [0.3, 0.4) is 0 Å². The number of piperazine rings is 1. The van der Waals surface area contributed by atoms with Crippen molar-refractivity contribution in [1.82, 2.24) is 29.9 Å². The van der Waals surface area contributed by atoms with Crippen LogP contribution in [0, 0.1) is 6.92 Å². The van der Waals surface area contributed by atoms with Crippen molar-refractivity contribution >= 4 is 22.4 Å². The molecule has 0 radical (unpaired) electrons. The summed E-state index contributed by atoms with van der Waals surface area (Å²) in [7, 11) is 0. The van der Waals surface area contributed by atoms with Gasteiger partial charge in [-0.05, 0) is 62.3 Å². The average Bonchev–Trinajstić information content (AvgIpc) is 3.48. The van der Waals surface area contributed by atoms with Gasteiger partial charge >= 0.3 is 0 Å². The van der Waals surface area contributed by atoms with E-state index in [1.807, 2.05) is 6.92 Å². The Bertz CT molecular complexity index is 1420. The van der Waals surface area contributed by atoms with E-state index in [1.54, 1.807) is 0 Å². The molecule has 1 aliphatic carbocycles. The lowest BCUT2D eigenvalue weighted by molar-refractivity contribution is 0.0865. The molecule has 8 heteroatoms. The fraction of sp³-hybridized carbons (Fsp3) is 0.467. The lowest BCUT2D eigenvalue weighted by Gasteiger charge is -2.42. The Balaban J connectivity index is 1.27. The molecular formula is C30H37N7O. The molecule has 1 atom stereocenters. The molecule has 1 saturated heterocycles. The normalized spacial score (nSPS) is 18.8. The number of rotatable bonds is 8. The quantitative estimate of drug-likeness (QED) is 0.338. The van der Waals surface area contributed by atoms with Crippen molar-refractivity contribution in [3.8, 4) is 0 Å². The number of aromatic nitrogens is 5. The summed E-state index contributed by atoms with van der Waals surface area (Å²) in [5, 5.41) is 13.3. The third-order valence-corrected chi connectivity index (χ3v) is 8.16. The fourth-order valence-corrected chi connectivity index (χ4v) is 5.82. The van der Waals surface area contributed by atoms with Gasteiger partial charge in [-0.25, -0.2) is 4.98 Å². The van der Waals surface area contributed by atoms with E-state index in [4.69, 9.17) is 5.10 Å². The maximum atomic E-state index is 13.0. The molecule has 198 valence electrons. The lowest BCUT2D eigenvalue weighted by atomic mass is 9.93. The number of Topliss-reactive ketones (excluding diaryl/α,β-unsaturated/α-hetero) is 1. The molecule has 0 unspecified atom stereocenters. The molecule has 0 bridgehead atoms. The molecule has 4 aromatic rings. The van der Waals surface area contributed by atoms with Gasteiger partial charge in [0.1, 0.15) is 5.82 Å². The zero-order valence-corrected chi connectivity index (χ0v) is 22.6. The summed E-state index contributed by atoms with van der Waals surface area (Å²) in [5.74, 6) is 1.30. The Hall–Kier alpha value is -3.52. The highest BCUT2D eigenvalue weighted by atomic mass is 16.1. The van der Waals surface area contributed by atoms with Crippen LogP contribution < -0.4 is 4.90 Å². The average molecular weight is 512 g/mol. The highest BCUT2D eigenvalue weighted by Gasteiger charge is 2.31. The van der Waals surface area contributed by atoms with Gasteiger partial charge in [0.25, 0.3) is 0 Å². The van der Waals surface area contributed by atoms with Crippen molar-refractivity contribution in [2.24, 2.45) is 0 Å². The molecular weight excluding hydrogens is 474 g/mol. The van der Waals surface area contributed by atoms with Gasteiger partial charge in [-0.3, -0.25) is 19.5 Å². The smallest absolute Gasteiger partial charge is 0.218 e. The maximum Gasteiger partial charge on any atom is 0.218 e. The topological polar surface area (TPSA) is 82.9 Å². The van der Waals surface area contributed by atoms with Gasteiger partial charge in [0, 0.05) is 36.7 Å². The molecule has 1 aliphatic heterocycles. The van der Waals surface area contributed by atoms with Gasteiger partial charge in [0.05, 0.1) is 23.8 Å². The van der Waals surface area contributed by atoms with Gasteiger partial charge in [0.15, 0.2) is 0 Å². The summed E-state index contributed by atoms with van der Waals surface area (Å²) < 4.78 is 2.30. The van der Waals surface area contributed by atoms with Gasteiger partial charge in [-0.1, -0.05) is 44.2 Å². The number of carbonyl (C=O) groups is 1. The summed E-state index contributed by atoms with van der Waals surface area (Å²) in [6.07, 6.45) is 4.61. The Morgan fingerprint density at radius 1 is 1.11 bits per heavy atom. The van der Waals surface area contributed by atoms with Gasteiger partial charge in [-0.2, -0.15) is 10.2 Å². The number of H-pyrrole nitrogens is 1. The Kier molecular flexibility index (Phi) is 6.74. The van der Waals surface area contributed by atoms with Crippen LogP contribution in [-0.4, -0.2) is 67.9 Å². The zero-order chi connectivity index (χ0) is 26.2. The number of nitrogens with zero attached hydrogens (tertiary/aromatic N) is 6.